The van der Waals surface area contributed by atoms with Crippen LogP contribution < -0.4 is 5.73 Å². The number of hydrogen-bond donors (Lipinski definition) is 1. The Morgan fingerprint density at radius 1 is 1.40 bits per heavy atom. The Morgan fingerprint density at radius 2 is 1.70 bits per heavy atom. The Labute approximate surface area is 70.4 Å². The highest BCUT2D eigenvalue weighted by Crippen LogP contribution is 1.98. The summed E-state index contributed by atoms with van der Waals surface area (Å²) >= 11 is 0. The van der Waals surface area contributed by atoms with Crippen molar-refractivity contribution in [3.05, 3.63) is 0 Å². The molecule has 0 rings (SSSR count). The lowest BCUT2D eigenvalue weighted by Crippen LogP contribution is -1.95. The van der Waals surface area contributed by atoms with Crippen LogP contribution >= 0.6 is 21.4 Å². The number of rotatable bonds is 2. The number of halogens is 2. The Balaban J connectivity index is 0. The third kappa shape index (κ3) is 76.8. The Kier molecular flexibility index (Phi) is 9.96. The molecule has 0 saturated heterocycles. The normalized spacial score (nSPS) is 10.0. The highest BCUT2D eigenvalue weighted by atomic mass is 36.0. The summed E-state index contributed by atoms with van der Waals surface area (Å²) < 4.78 is 18.3. The molecule has 0 amide bonds. The molecule has 0 aromatic carbocycles. The summed E-state index contributed by atoms with van der Waals surface area (Å²) in [4.78, 5) is 0. The van der Waals surface area contributed by atoms with Crippen LogP contribution in [0.4, 0.5) is 0 Å². The molecular formula is C4H11Cl2NO2S. The standard InChI is InChI=1S/C4H11N.Cl2O2S/c1-2-3-4-5;1-5(2,3)4/h2-5H2,1H3;. The SMILES string of the molecule is CCCCN.O=S(=O)(Cl)Cl. The van der Waals surface area contributed by atoms with Crippen LogP contribution in [0.25, 0.3) is 0 Å². The van der Waals surface area contributed by atoms with Gasteiger partial charge in [-0.05, 0) is 13.0 Å². The molecule has 64 valence electrons. The van der Waals surface area contributed by atoms with Crippen LogP contribution in [0.5, 0.6) is 0 Å². The lowest BCUT2D eigenvalue weighted by Gasteiger charge is -1.80. The molecule has 6 heteroatoms. The molecule has 0 bridgehead atoms. The molecule has 0 spiro atoms. The highest BCUT2D eigenvalue weighted by Gasteiger charge is 1.88. The van der Waals surface area contributed by atoms with Crippen molar-refractivity contribution in [1.82, 2.24) is 0 Å². The van der Waals surface area contributed by atoms with Crippen LogP contribution in [-0.4, -0.2) is 15.0 Å². The van der Waals surface area contributed by atoms with Crippen molar-refractivity contribution in [2.24, 2.45) is 5.73 Å². The molecule has 0 unspecified atom stereocenters. The zero-order valence-corrected chi connectivity index (χ0v) is 8.01. The third-order valence-corrected chi connectivity index (χ3v) is 0.558. The minimum Gasteiger partial charge on any atom is -0.330 e. The summed E-state index contributed by atoms with van der Waals surface area (Å²) in [6, 6.07) is 0. The summed E-state index contributed by atoms with van der Waals surface area (Å²) in [5.74, 6) is 0. The summed E-state index contributed by atoms with van der Waals surface area (Å²) in [5.41, 5.74) is 5.14. The molecular weight excluding hydrogens is 197 g/mol. The van der Waals surface area contributed by atoms with E-state index >= 15 is 0 Å². The van der Waals surface area contributed by atoms with E-state index in [4.69, 9.17) is 14.2 Å². The molecule has 0 aliphatic rings. The molecule has 0 aromatic rings. The lowest BCUT2D eigenvalue weighted by molar-refractivity contribution is 0.621. The number of unbranched alkanes of at least 4 members (excludes halogenated alkanes) is 1. The largest absolute Gasteiger partial charge is 0.330 e. The van der Waals surface area contributed by atoms with Gasteiger partial charge in [0, 0.05) is 21.4 Å². The fourth-order valence-corrected chi connectivity index (χ4v) is 0.204. The molecule has 0 aromatic heterocycles. The Bertz CT molecular complexity index is 135. The van der Waals surface area contributed by atoms with E-state index in [1.165, 1.54) is 12.8 Å². The molecule has 0 fully saturated rings. The van der Waals surface area contributed by atoms with Crippen molar-refractivity contribution >= 4 is 29.6 Å². The second kappa shape index (κ2) is 7.60. The highest BCUT2D eigenvalue weighted by molar-refractivity contribution is 8.31. The zero-order valence-electron chi connectivity index (χ0n) is 5.68. The molecule has 0 heterocycles. The second-order valence-electron chi connectivity index (χ2n) is 1.52. The van der Waals surface area contributed by atoms with Crippen molar-refractivity contribution in [1.29, 1.82) is 0 Å². The van der Waals surface area contributed by atoms with Gasteiger partial charge in [-0.25, -0.2) is 0 Å². The Morgan fingerprint density at radius 3 is 1.70 bits per heavy atom. The maximum absolute atomic E-state index is 9.16. The fourth-order valence-electron chi connectivity index (χ4n) is 0.204. The smallest absolute Gasteiger partial charge is 0.317 e. The van der Waals surface area contributed by atoms with Gasteiger partial charge in [-0.15, -0.1) is 0 Å². The lowest BCUT2D eigenvalue weighted by atomic mass is 10.3. The van der Waals surface area contributed by atoms with E-state index in [0.29, 0.717) is 0 Å². The minimum absolute atomic E-state index is 0.844. The van der Waals surface area contributed by atoms with Gasteiger partial charge in [0.1, 0.15) is 0 Å². The van der Waals surface area contributed by atoms with Crippen molar-refractivity contribution in [2.45, 2.75) is 19.8 Å². The van der Waals surface area contributed by atoms with E-state index in [2.05, 4.69) is 28.3 Å². The van der Waals surface area contributed by atoms with E-state index in [9.17, 15) is 0 Å². The molecule has 0 aliphatic carbocycles. The van der Waals surface area contributed by atoms with Crippen LogP contribution in [0, 0.1) is 0 Å². The minimum atomic E-state index is -3.72. The van der Waals surface area contributed by atoms with Crippen LogP contribution in [0.1, 0.15) is 19.8 Å². The molecule has 0 aliphatic heterocycles. The first kappa shape index (κ1) is 13.1. The van der Waals surface area contributed by atoms with Gasteiger partial charge in [-0.2, -0.15) is 8.42 Å². The van der Waals surface area contributed by atoms with Crippen molar-refractivity contribution in [3.8, 4) is 0 Å². The quantitative estimate of drug-likeness (QED) is 0.698. The molecule has 3 nitrogen and oxygen atoms in total. The van der Waals surface area contributed by atoms with Crippen LogP contribution in [-0.2, 0) is 8.26 Å². The van der Waals surface area contributed by atoms with Gasteiger partial charge in [-0.1, -0.05) is 13.3 Å². The van der Waals surface area contributed by atoms with E-state index in [1.807, 2.05) is 0 Å². The summed E-state index contributed by atoms with van der Waals surface area (Å²) in [6.45, 7) is 2.98. The average Bonchev–Trinajstić information content (AvgIpc) is 1.63. The van der Waals surface area contributed by atoms with E-state index in [1.54, 1.807) is 0 Å². The van der Waals surface area contributed by atoms with Gasteiger partial charge in [-0.3, -0.25) is 0 Å². The number of hydrogen-bond acceptors (Lipinski definition) is 3. The molecule has 10 heavy (non-hydrogen) atoms. The van der Waals surface area contributed by atoms with Crippen molar-refractivity contribution in [3.63, 3.8) is 0 Å². The summed E-state index contributed by atoms with van der Waals surface area (Å²) in [6.07, 6.45) is 2.39. The molecule has 2 N–H and O–H groups in total. The van der Waals surface area contributed by atoms with Gasteiger partial charge in [0.15, 0.2) is 0 Å². The molecule has 0 atom stereocenters. The molecule has 0 saturated carbocycles. The van der Waals surface area contributed by atoms with E-state index in [0.717, 1.165) is 6.54 Å². The van der Waals surface area contributed by atoms with Crippen LogP contribution in [0.2, 0.25) is 0 Å². The van der Waals surface area contributed by atoms with Crippen LogP contribution in [0.15, 0.2) is 0 Å². The van der Waals surface area contributed by atoms with Gasteiger partial charge in [0.2, 0.25) is 0 Å². The predicted octanol–water partition coefficient (Wildman–Crippen LogP) is 1.45. The monoisotopic (exact) mass is 207 g/mol. The van der Waals surface area contributed by atoms with Gasteiger partial charge in [0.05, 0.1) is 0 Å². The van der Waals surface area contributed by atoms with Gasteiger partial charge < -0.3 is 5.73 Å². The number of nitrogens with two attached hydrogens (primary N) is 1. The van der Waals surface area contributed by atoms with Crippen molar-refractivity contribution < 1.29 is 8.42 Å². The predicted molar refractivity (Wildman–Crippen MR) is 44.6 cm³/mol. The van der Waals surface area contributed by atoms with E-state index < -0.39 is 8.26 Å². The van der Waals surface area contributed by atoms with Crippen molar-refractivity contribution in [2.75, 3.05) is 6.54 Å². The maximum Gasteiger partial charge on any atom is 0.317 e. The Hall–Kier alpha value is 0.490. The zero-order chi connectivity index (χ0) is 8.62. The second-order valence-corrected chi connectivity index (χ2v) is 5.19. The fraction of sp³-hybridized carbons (Fsp3) is 1.00. The third-order valence-electron chi connectivity index (χ3n) is 0.558. The first-order valence-electron chi connectivity index (χ1n) is 2.76. The first-order valence-corrected chi connectivity index (χ1v) is 5.89. The molecule has 0 radical (unpaired) electrons. The van der Waals surface area contributed by atoms with Gasteiger partial charge in [0.25, 0.3) is 0 Å². The summed E-state index contributed by atoms with van der Waals surface area (Å²) in [7, 11) is 4.81. The van der Waals surface area contributed by atoms with Crippen LogP contribution in [0.3, 0.4) is 0 Å². The average molecular weight is 208 g/mol. The summed E-state index contributed by atoms with van der Waals surface area (Å²) in [5, 5.41) is 0. The maximum atomic E-state index is 9.16. The van der Waals surface area contributed by atoms with E-state index in [-0.39, 0.29) is 0 Å². The topological polar surface area (TPSA) is 60.2 Å². The first-order chi connectivity index (χ1) is 4.41. The van der Waals surface area contributed by atoms with Gasteiger partial charge >= 0.3 is 8.26 Å².